The Bertz CT molecular complexity index is 1080. The number of aldehydes is 1. The second-order valence-corrected chi connectivity index (χ2v) is 10.0. The number of thioether (sulfide) groups is 1. The number of carbonyl (C=O) groups excluding carboxylic acids is 4. The molecular weight excluding hydrogens is 480 g/mol. The maximum absolute atomic E-state index is 12.9. The molecule has 2 amide bonds. The highest BCUT2D eigenvalue weighted by Crippen LogP contribution is 2.20. The first kappa shape index (κ1) is 27.4. The summed E-state index contributed by atoms with van der Waals surface area (Å²) >= 11 is 1.46. The van der Waals surface area contributed by atoms with Crippen molar-refractivity contribution in [1.82, 2.24) is 14.8 Å². The third-order valence-corrected chi connectivity index (χ3v) is 7.96. The third kappa shape index (κ3) is 6.75. The van der Waals surface area contributed by atoms with Gasteiger partial charge in [-0.3, -0.25) is 14.5 Å². The molecule has 1 N–H and O–H groups in total. The zero-order valence-electron chi connectivity index (χ0n) is 21.4. The molecule has 2 unspecified atom stereocenters. The first-order valence-electron chi connectivity index (χ1n) is 12.1. The maximum Gasteiger partial charge on any atom is 0.410 e. The number of nitrogens with zero attached hydrogens (tertiary/aromatic N) is 3. The van der Waals surface area contributed by atoms with E-state index in [2.05, 4.69) is 14.5 Å². The number of aromatic nitrogens is 2. The number of benzene rings is 1. The van der Waals surface area contributed by atoms with Gasteiger partial charge in [-0.25, -0.2) is 13.9 Å². The molecule has 1 saturated heterocycles. The van der Waals surface area contributed by atoms with Gasteiger partial charge in [-0.1, -0.05) is 30.3 Å². The summed E-state index contributed by atoms with van der Waals surface area (Å²) in [7, 11) is 3.94. The predicted octanol–water partition coefficient (Wildman–Crippen LogP) is 2.39. The molecular formula is C26H35N4O5S+. The number of amides is 2. The van der Waals surface area contributed by atoms with Crippen molar-refractivity contribution < 1.29 is 28.5 Å². The van der Waals surface area contributed by atoms with Crippen molar-refractivity contribution in [2.45, 2.75) is 63.4 Å². The molecule has 0 saturated carbocycles. The summed E-state index contributed by atoms with van der Waals surface area (Å²) in [6.07, 6.45) is 1.67. The molecule has 2 aromatic rings. The average molecular weight is 516 g/mol. The van der Waals surface area contributed by atoms with Crippen molar-refractivity contribution in [3.8, 4) is 0 Å². The van der Waals surface area contributed by atoms with E-state index in [0.717, 1.165) is 22.1 Å². The molecule has 0 aliphatic carbocycles. The number of hydrogen-bond acceptors (Lipinski definition) is 6. The van der Waals surface area contributed by atoms with Crippen LogP contribution in [0.25, 0.3) is 0 Å². The Hall–Kier alpha value is -3.14. The van der Waals surface area contributed by atoms with Crippen LogP contribution in [0.15, 0.2) is 35.5 Å². The van der Waals surface area contributed by atoms with E-state index in [0.29, 0.717) is 25.7 Å². The molecule has 194 valence electrons. The number of carbonyl (C=O) groups is 4. The van der Waals surface area contributed by atoms with E-state index in [1.165, 1.54) is 16.7 Å². The number of ether oxygens (including phenoxy) is 1. The van der Waals surface area contributed by atoms with E-state index >= 15 is 0 Å². The number of hydrogen-bond donors (Lipinski definition) is 1. The van der Waals surface area contributed by atoms with Crippen LogP contribution in [0.5, 0.6) is 0 Å². The number of ketones is 1. The van der Waals surface area contributed by atoms with Crippen LogP contribution in [-0.4, -0.2) is 57.9 Å². The minimum absolute atomic E-state index is 0.00425. The summed E-state index contributed by atoms with van der Waals surface area (Å²) in [6.45, 7) is 4.62. The fourth-order valence-corrected chi connectivity index (χ4v) is 5.33. The lowest BCUT2D eigenvalue weighted by molar-refractivity contribution is -0.715. The van der Waals surface area contributed by atoms with E-state index in [4.69, 9.17) is 4.74 Å². The third-order valence-electron chi connectivity index (χ3n) is 6.69. The Morgan fingerprint density at radius 1 is 1.25 bits per heavy atom. The zero-order valence-corrected chi connectivity index (χ0v) is 22.2. The summed E-state index contributed by atoms with van der Waals surface area (Å²) in [5.41, 5.74) is 3.14. The fourth-order valence-electron chi connectivity index (χ4n) is 4.24. The van der Waals surface area contributed by atoms with Crippen LogP contribution in [0.3, 0.4) is 0 Å². The highest BCUT2D eigenvalue weighted by Gasteiger charge is 2.36. The molecule has 2 atom stereocenters. The normalized spacial score (nSPS) is 16.0. The predicted molar refractivity (Wildman–Crippen MR) is 135 cm³/mol. The summed E-state index contributed by atoms with van der Waals surface area (Å²) < 4.78 is 9.49. The van der Waals surface area contributed by atoms with Gasteiger partial charge >= 0.3 is 11.2 Å². The number of Topliss-reactive ketones (excluding diaryl/α,β-unsaturated/α-hetero) is 1. The van der Waals surface area contributed by atoms with Crippen molar-refractivity contribution in [1.29, 1.82) is 0 Å². The lowest BCUT2D eigenvalue weighted by Crippen LogP contribution is -2.49. The second kappa shape index (κ2) is 12.7. The Labute approximate surface area is 216 Å². The first-order chi connectivity index (χ1) is 17.2. The molecule has 0 spiro atoms. The Morgan fingerprint density at radius 2 is 1.97 bits per heavy atom. The molecule has 1 fully saturated rings. The molecule has 2 heterocycles. The van der Waals surface area contributed by atoms with Crippen molar-refractivity contribution in [2.24, 2.45) is 14.1 Å². The Balaban J connectivity index is 1.46. The van der Waals surface area contributed by atoms with Crippen LogP contribution in [0, 0.1) is 13.8 Å². The minimum atomic E-state index is -0.787. The van der Waals surface area contributed by atoms with Crippen LogP contribution >= 0.6 is 11.8 Å². The van der Waals surface area contributed by atoms with Gasteiger partial charge in [0.05, 0.1) is 25.9 Å². The first-order valence-corrected chi connectivity index (χ1v) is 13.1. The highest BCUT2D eigenvalue weighted by atomic mass is 32.2. The van der Waals surface area contributed by atoms with Gasteiger partial charge in [-0.2, -0.15) is 0 Å². The van der Waals surface area contributed by atoms with Crippen molar-refractivity contribution >= 4 is 35.8 Å². The van der Waals surface area contributed by atoms with Gasteiger partial charge in [-0.15, -0.1) is 0 Å². The largest absolute Gasteiger partial charge is 0.445 e. The number of imidazole rings is 1. The molecule has 10 heteroatoms. The van der Waals surface area contributed by atoms with E-state index in [1.54, 1.807) is 0 Å². The molecule has 36 heavy (non-hydrogen) atoms. The highest BCUT2D eigenvalue weighted by molar-refractivity contribution is 7.99. The summed E-state index contributed by atoms with van der Waals surface area (Å²) in [4.78, 5) is 50.9. The van der Waals surface area contributed by atoms with Gasteiger partial charge in [0.15, 0.2) is 0 Å². The standard InChI is InChI=1S/C26H34N4O5S/c1-18-19(2)29(4)25(28(18)3)36-17-22(32)13-12-21(15-31)27-24(33)23-11-8-14-30(23)26(34)35-16-20-9-6-5-7-10-20/h5-7,9-10,15,21,23H,8,11-14,16-17H2,1-4H3/p+1. The van der Waals surface area contributed by atoms with Gasteiger partial charge in [0.1, 0.15) is 36.1 Å². The van der Waals surface area contributed by atoms with Gasteiger partial charge in [0.25, 0.3) is 0 Å². The van der Waals surface area contributed by atoms with Gasteiger partial charge in [-0.05, 0) is 36.6 Å². The summed E-state index contributed by atoms with van der Waals surface area (Å²) in [5, 5.41) is 3.69. The number of likely N-dealkylation sites (tertiary alicyclic amines) is 1. The minimum Gasteiger partial charge on any atom is -0.445 e. The van der Waals surface area contributed by atoms with E-state index in [9.17, 15) is 19.2 Å². The molecule has 1 aliphatic heterocycles. The van der Waals surface area contributed by atoms with Crippen molar-refractivity contribution in [2.75, 3.05) is 12.3 Å². The van der Waals surface area contributed by atoms with Crippen LogP contribution in [-0.2, 0) is 39.8 Å². The maximum atomic E-state index is 12.9. The lowest BCUT2D eigenvalue weighted by Gasteiger charge is -2.24. The second-order valence-electron chi connectivity index (χ2n) is 9.08. The molecule has 1 aromatic carbocycles. The average Bonchev–Trinajstić information content (AvgIpc) is 3.45. The van der Waals surface area contributed by atoms with E-state index in [1.807, 2.05) is 58.3 Å². The Kier molecular flexibility index (Phi) is 9.69. The van der Waals surface area contributed by atoms with Gasteiger partial charge < -0.3 is 14.8 Å². The fraction of sp³-hybridized carbons (Fsp3) is 0.500. The van der Waals surface area contributed by atoms with Crippen LogP contribution < -0.4 is 9.88 Å². The molecule has 0 bridgehead atoms. The molecule has 0 radical (unpaired) electrons. The number of rotatable bonds is 11. The zero-order chi connectivity index (χ0) is 26.2. The molecule has 1 aromatic heterocycles. The Morgan fingerprint density at radius 3 is 2.61 bits per heavy atom. The van der Waals surface area contributed by atoms with Crippen molar-refractivity contribution in [3.05, 3.63) is 47.3 Å². The van der Waals surface area contributed by atoms with Crippen molar-refractivity contribution in [3.63, 3.8) is 0 Å². The topological polar surface area (TPSA) is 102 Å². The van der Waals surface area contributed by atoms with Gasteiger partial charge in [0.2, 0.25) is 5.91 Å². The molecule has 3 rings (SSSR count). The lowest BCUT2D eigenvalue weighted by atomic mass is 10.1. The quantitative estimate of drug-likeness (QED) is 0.280. The number of nitrogens with one attached hydrogen (secondary N) is 1. The SMILES string of the molecule is Cc1c(C)[n+](C)c(SCC(=O)CCC(C=O)NC(=O)C2CCCN2C(=O)OCc2ccccc2)n1C. The van der Waals surface area contributed by atoms with Crippen LogP contribution in [0.1, 0.15) is 42.6 Å². The summed E-state index contributed by atoms with van der Waals surface area (Å²) in [5.74, 6) is -0.109. The summed E-state index contributed by atoms with van der Waals surface area (Å²) in [6, 6.07) is 7.85. The molecule has 9 nitrogen and oxygen atoms in total. The van der Waals surface area contributed by atoms with Crippen LogP contribution in [0.4, 0.5) is 4.79 Å². The monoisotopic (exact) mass is 515 g/mol. The smallest absolute Gasteiger partial charge is 0.410 e. The molecule has 1 aliphatic rings. The van der Waals surface area contributed by atoms with E-state index in [-0.39, 0.29) is 31.0 Å². The van der Waals surface area contributed by atoms with Gasteiger partial charge in [0, 0.05) is 26.8 Å². The van der Waals surface area contributed by atoms with Crippen LogP contribution in [0.2, 0.25) is 0 Å². The van der Waals surface area contributed by atoms with E-state index < -0.39 is 24.1 Å².